The van der Waals surface area contributed by atoms with E-state index < -0.39 is 0 Å². The molecule has 0 aliphatic heterocycles. The number of nitriles is 1. The molecule has 20 heavy (non-hydrogen) atoms. The topological polar surface area (TPSA) is 35.8 Å². The number of hydrogen-bond acceptors (Lipinski definition) is 2. The molecule has 2 rings (SSSR count). The minimum atomic E-state index is 0.657. The minimum Gasteiger partial charge on any atom is -0.312 e. The van der Waals surface area contributed by atoms with Crippen LogP contribution in [0.15, 0.2) is 42.5 Å². The number of halogens is 2. The maximum absolute atomic E-state index is 8.73. The molecule has 0 spiro atoms. The molecule has 102 valence electrons. The fraction of sp³-hybridized carbons (Fsp3) is 0.188. The van der Waals surface area contributed by atoms with Gasteiger partial charge in [-0.3, -0.25) is 0 Å². The molecule has 0 aliphatic rings. The predicted octanol–water partition coefficient (Wildman–Crippen LogP) is 4.20. The van der Waals surface area contributed by atoms with Gasteiger partial charge in [-0.15, -0.1) is 0 Å². The molecule has 0 saturated heterocycles. The highest BCUT2D eigenvalue weighted by molar-refractivity contribution is 6.35. The van der Waals surface area contributed by atoms with Gasteiger partial charge in [0.1, 0.15) is 0 Å². The Bertz CT molecular complexity index is 615. The molecular formula is C16H14Cl2N2. The molecule has 0 aromatic heterocycles. The normalized spacial score (nSPS) is 10.2. The van der Waals surface area contributed by atoms with Crippen LogP contribution in [0.1, 0.15) is 16.7 Å². The van der Waals surface area contributed by atoms with Crippen LogP contribution in [-0.2, 0) is 13.0 Å². The van der Waals surface area contributed by atoms with Crippen LogP contribution in [0.2, 0.25) is 10.0 Å². The standard InChI is InChI=1S/C16H14Cl2N2/c17-15-6-5-14(16(18)9-15)7-8-20-11-13-3-1-12(10-19)2-4-13/h1-6,9,20H,7-8,11H2. The number of nitrogens with one attached hydrogen (secondary N) is 1. The van der Waals surface area contributed by atoms with Crippen molar-refractivity contribution < 1.29 is 0 Å². The zero-order chi connectivity index (χ0) is 14.4. The van der Waals surface area contributed by atoms with Gasteiger partial charge < -0.3 is 5.32 Å². The fourth-order valence-electron chi connectivity index (χ4n) is 1.88. The quantitative estimate of drug-likeness (QED) is 0.840. The lowest BCUT2D eigenvalue weighted by Crippen LogP contribution is -2.16. The van der Waals surface area contributed by atoms with Crippen LogP contribution in [0.3, 0.4) is 0 Å². The summed E-state index contributed by atoms with van der Waals surface area (Å²) in [7, 11) is 0. The van der Waals surface area contributed by atoms with Crippen LogP contribution in [0.4, 0.5) is 0 Å². The Morgan fingerprint density at radius 1 is 1.05 bits per heavy atom. The van der Waals surface area contributed by atoms with E-state index in [2.05, 4.69) is 11.4 Å². The molecule has 0 heterocycles. The molecule has 2 aromatic rings. The second-order valence-corrected chi connectivity index (χ2v) is 5.31. The van der Waals surface area contributed by atoms with E-state index >= 15 is 0 Å². The second-order valence-electron chi connectivity index (χ2n) is 4.47. The van der Waals surface area contributed by atoms with Crippen molar-refractivity contribution in [2.75, 3.05) is 6.54 Å². The van der Waals surface area contributed by atoms with E-state index in [0.717, 1.165) is 30.6 Å². The molecule has 0 atom stereocenters. The summed E-state index contributed by atoms with van der Waals surface area (Å²) in [6, 6.07) is 15.2. The number of benzene rings is 2. The van der Waals surface area contributed by atoms with Crippen LogP contribution < -0.4 is 5.32 Å². The van der Waals surface area contributed by atoms with Gasteiger partial charge in [0.25, 0.3) is 0 Å². The van der Waals surface area contributed by atoms with Crippen LogP contribution in [-0.4, -0.2) is 6.54 Å². The van der Waals surface area contributed by atoms with Crippen molar-refractivity contribution >= 4 is 23.2 Å². The summed E-state index contributed by atoms with van der Waals surface area (Å²) in [6.07, 6.45) is 0.853. The SMILES string of the molecule is N#Cc1ccc(CNCCc2ccc(Cl)cc2Cl)cc1. The Hall–Kier alpha value is -1.53. The average molecular weight is 305 g/mol. The zero-order valence-corrected chi connectivity index (χ0v) is 12.4. The Morgan fingerprint density at radius 2 is 1.80 bits per heavy atom. The van der Waals surface area contributed by atoms with Crippen molar-refractivity contribution in [2.45, 2.75) is 13.0 Å². The summed E-state index contributed by atoms with van der Waals surface area (Å²) in [5.74, 6) is 0. The van der Waals surface area contributed by atoms with Gasteiger partial charge in [-0.25, -0.2) is 0 Å². The van der Waals surface area contributed by atoms with Gasteiger partial charge >= 0.3 is 0 Å². The van der Waals surface area contributed by atoms with Crippen molar-refractivity contribution in [1.82, 2.24) is 5.32 Å². The molecule has 1 N–H and O–H groups in total. The first-order chi connectivity index (χ1) is 9.69. The van der Waals surface area contributed by atoms with Gasteiger partial charge in [0.05, 0.1) is 11.6 Å². The zero-order valence-electron chi connectivity index (χ0n) is 10.9. The number of hydrogen-bond donors (Lipinski definition) is 1. The summed E-state index contributed by atoms with van der Waals surface area (Å²) in [5, 5.41) is 13.4. The van der Waals surface area contributed by atoms with Crippen molar-refractivity contribution in [2.24, 2.45) is 0 Å². The van der Waals surface area contributed by atoms with Crippen LogP contribution >= 0.6 is 23.2 Å². The first-order valence-electron chi connectivity index (χ1n) is 6.33. The van der Waals surface area contributed by atoms with Gasteiger partial charge in [0, 0.05) is 16.6 Å². The molecule has 0 aliphatic carbocycles. The highest BCUT2D eigenvalue weighted by atomic mass is 35.5. The van der Waals surface area contributed by atoms with E-state index in [4.69, 9.17) is 28.5 Å². The number of rotatable bonds is 5. The molecule has 0 bridgehead atoms. The van der Waals surface area contributed by atoms with E-state index in [0.29, 0.717) is 15.6 Å². The fourth-order valence-corrected chi connectivity index (χ4v) is 2.38. The van der Waals surface area contributed by atoms with Crippen molar-refractivity contribution in [3.05, 3.63) is 69.2 Å². The van der Waals surface area contributed by atoms with Crippen LogP contribution in [0.25, 0.3) is 0 Å². The van der Waals surface area contributed by atoms with E-state index in [1.165, 1.54) is 0 Å². The van der Waals surface area contributed by atoms with Crippen LogP contribution in [0.5, 0.6) is 0 Å². The molecule has 4 heteroatoms. The Balaban J connectivity index is 1.80. The average Bonchev–Trinajstić information content (AvgIpc) is 2.46. The Labute approximate surface area is 128 Å². The van der Waals surface area contributed by atoms with E-state index in [1.54, 1.807) is 6.07 Å². The van der Waals surface area contributed by atoms with Gasteiger partial charge in [-0.1, -0.05) is 41.4 Å². The highest BCUT2D eigenvalue weighted by Crippen LogP contribution is 2.21. The van der Waals surface area contributed by atoms with Crippen LogP contribution in [0, 0.1) is 11.3 Å². The summed E-state index contributed by atoms with van der Waals surface area (Å²) in [4.78, 5) is 0. The molecule has 0 radical (unpaired) electrons. The highest BCUT2D eigenvalue weighted by Gasteiger charge is 2.01. The molecule has 0 saturated carbocycles. The lowest BCUT2D eigenvalue weighted by Gasteiger charge is -2.07. The third-order valence-corrected chi connectivity index (χ3v) is 3.59. The second kappa shape index (κ2) is 7.31. The first-order valence-corrected chi connectivity index (χ1v) is 7.08. The van der Waals surface area contributed by atoms with E-state index in [-0.39, 0.29) is 0 Å². The lowest BCUT2D eigenvalue weighted by molar-refractivity contribution is 0.687. The largest absolute Gasteiger partial charge is 0.312 e. The summed E-state index contributed by atoms with van der Waals surface area (Å²) in [6.45, 7) is 1.61. The van der Waals surface area contributed by atoms with Crippen molar-refractivity contribution in [3.63, 3.8) is 0 Å². The van der Waals surface area contributed by atoms with Gasteiger partial charge in [-0.2, -0.15) is 5.26 Å². The molecule has 2 aromatic carbocycles. The van der Waals surface area contributed by atoms with E-state index in [9.17, 15) is 0 Å². The Kier molecular flexibility index (Phi) is 5.43. The third kappa shape index (κ3) is 4.25. The lowest BCUT2D eigenvalue weighted by atomic mass is 10.1. The van der Waals surface area contributed by atoms with Gasteiger partial charge in [-0.05, 0) is 48.4 Å². The monoisotopic (exact) mass is 304 g/mol. The van der Waals surface area contributed by atoms with Gasteiger partial charge in [0.2, 0.25) is 0 Å². The third-order valence-electron chi connectivity index (χ3n) is 3.00. The molecule has 0 amide bonds. The van der Waals surface area contributed by atoms with Crippen molar-refractivity contribution in [1.29, 1.82) is 5.26 Å². The molecular weight excluding hydrogens is 291 g/mol. The minimum absolute atomic E-state index is 0.657. The number of nitrogens with zero attached hydrogens (tertiary/aromatic N) is 1. The molecule has 0 fully saturated rings. The first kappa shape index (κ1) is 14.9. The summed E-state index contributed by atoms with van der Waals surface area (Å²) >= 11 is 12.0. The van der Waals surface area contributed by atoms with Crippen molar-refractivity contribution in [3.8, 4) is 6.07 Å². The molecule has 2 nitrogen and oxygen atoms in total. The maximum Gasteiger partial charge on any atom is 0.0991 e. The van der Waals surface area contributed by atoms with E-state index in [1.807, 2.05) is 36.4 Å². The predicted molar refractivity (Wildman–Crippen MR) is 83.0 cm³/mol. The smallest absolute Gasteiger partial charge is 0.0991 e. The summed E-state index contributed by atoms with van der Waals surface area (Å²) in [5.41, 5.74) is 2.93. The molecule has 0 unspecified atom stereocenters. The summed E-state index contributed by atoms with van der Waals surface area (Å²) < 4.78 is 0. The Morgan fingerprint density at radius 3 is 2.45 bits per heavy atom. The van der Waals surface area contributed by atoms with Gasteiger partial charge in [0.15, 0.2) is 0 Å². The maximum atomic E-state index is 8.73.